The van der Waals surface area contributed by atoms with Crippen LogP contribution in [0.1, 0.15) is 41.4 Å². The summed E-state index contributed by atoms with van der Waals surface area (Å²) >= 11 is 7.54. The van der Waals surface area contributed by atoms with Crippen LogP contribution in [0.3, 0.4) is 0 Å². The number of carboxylic acid groups (broad SMARTS) is 1. The zero-order chi connectivity index (χ0) is 23.1. The topological polar surface area (TPSA) is 69.6 Å². The summed E-state index contributed by atoms with van der Waals surface area (Å²) in [7, 11) is 0. The summed E-state index contributed by atoms with van der Waals surface area (Å²) in [5, 5.41) is 23.9. The number of carboxylic acids is 1. The predicted octanol–water partition coefficient (Wildman–Crippen LogP) is 6.07. The molecule has 0 saturated heterocycles. The Morgan fingerprint density at radius 1 is 1.03 bits per heavy atom. The van der Waals surface area contributed by atoms with Gasteiger partial charge in [0.05, 0.1) is 11.7 Å². The van der Waals surface area contributed by atoms with Gasteiger partial charge in [-0.05, 0) is 59.5 Å². The van der Waals surface area contributed by atoms with Crippen molar-refractivity contribution >= 4 is 29.3 Å². The van der Waals surface area contributed by atoms with Gasteiger partial charge in [-0.15, -0.1) is 11.8 Å². The molecule has 0 heterocycles. The summed E-state index contributed by atoms with van der Waals surface area (Å²) in [6, 6.07) is 21.1. The zero-order valence-corrected chi connectivity index (χ0v) is 19.8. The molecule has 0 bridgehead atoms. The molecule has 3 rings (SSSR count). The molecular formula is C26H28ClNO3S. The summed E-state index contributed by atoms with van der Waals surface area (Å²) in [4.78, 5) is 12.3. The fourth-order valence-corrected chi connectivity index (χ4v) is 4.58. The van der Waals surface area contributed by atoms with E-state index >= 15 is 0 Å². The molecule has 0 aliphatic rings. The molecule has 32 heavy (non-hydrogen) atoms. The predicted molar refractivity (Wildman–Crippen MR) is 133 cm³/mol. The first kappa shape index (κ1) is 24.3. The van der Waals surface area contributed by atoms with E-state index in [0.717, 1.165) is 34.6 Å². The summed E-state index contributed by atoms with van der Waals surface area (Å²) in [6.07, 6.45) is 0.248. The Balaban J connectivity index is 1.57. The maximum Gasteiger partial charge on any atom is 0.336 e. The molecule has 0 radical (unpaired) electrons. The average Bonchev–Trinajstić information content (AvgIpc) is 2.76. The number of benzene rings is 3. The summed E-state index contributed by atoms with van der Waals surface area (Å²) < 4.78 is 0. The SMILES string of the molecule is CC(C)Sc1cc(-c2ccc(CCNC[C@H](O)c3cccc(Cl)c3)cc2)ccc1C(=O)O. The van der Waals surface area contributed by atoms with Gasteiger partial charge in [-0.2, -0.15) is 0 Å². The van der Waals surface area contributed by atoms with Gasteiger partial charge in [0.2, 0.25) is 0 Å². The minimum Gasteiger partial charge on any atom is -0.478 e. The largest absolute Gasteiger partial charge is 0.478 e. The van der Waals surface area contributed by atoms with Crippen LogP contribution in [0.25, 0.3) is 11.1 Å². The normalized spacial score (nSPS) is 12.2. The Morgan fingerprint density at radius 3 is 2.41 bits per heavy atom. The van der Waals surface area contributed by atoms with Gasteiger partial charge in [0.1, 0.15) is 0 Å². The maximum atomic E-state index is 11.5. The second-order valence-electron chi connectivity index (χ2n) is 7.90. The standard InChI is InChI=1S/C26H28ClNO3S/c1-17(2)32-25-15-20(10-11-23(25)26(30)31)19-8-6-18(7-9-19)12-13-28-16-24(29)21-4-3-5-22(27)14-21/h3-11,14-15,17,24,28-29H,12-13,16H2,1-2H3,(H,30,31)/t24-/m0/s1. The van der Waals surface area contributed by atoms with E-state index in [1.165, 1.54) is 5.56 Å². The Hall–Kier alpha value is -2.31. The van der Waals surface area contributed by atoms with Gasteiger partial charge >= 0.3 is 5.97 Å². The number of aromatic carboxylic acids is 1. The number of aliphatic hydroxyl groups excluding tert-OH is 1. The third-order valence-corrected chi connectivity index (χ3v) is 6.32. The third kappa shape index (κ3) is 6.84. The number of hydrogen-bond acceptors (Lipinski definition) is 4. The molecule has 0 aromatic heterocycles. The van der Waals surface area contributed by atoms with E-state index in [4.69, 9.17) is 11.6 Å². The first-order valence-corrected chi connectivity index (χ1v) is 11.9. The van der Waals surface area contributed by atoms with Crippen LogP contribution in [0, 0.1) is 0 Å². The Bertz CT molecular complexity index is 1050. The van der Waals surface area contributed by atoms with Gasteiger partial charge < -0.3 is 15.5 Å². The van der Waals surface area contributed by atoms with E-state index < -0.39 is 12.1 Å². The lowest BCUT2D eigenvalue weighted by Gasteiger charge is -2.13. The Morgan fingerprint density at radius 2 is 1.75 bits per heavy atom. The summed E-state index contributed by atoms with van der Waals surface area (Å²) in [6.45, 7) is 5.32. The van der Waals surface area contributed by atoms with E-state index in [2.05, 4.69) is 43.4 Å². The fourth-order valence-electron chi connectivity index (χ4n) is 3.40. The molecular weight excluding hydrogens is 442 g/mol. The van der Waals surface area contributed by atoms with Gasteiger partial charge in [-0.3, -0.25) is 0 Å². The van der Waals surface area contributed by atoms with E-state index in [1.807, 2.05) is 24.3 Å². The van der Waals surface area contributed by atoms with Gasteiger partial charge in [0.15, 0.2) is 0 Å². The van der Waals surface area contributed by atoms with Crippen molar-refractivity contribution in [1.29, 1.82) is 0 Å². The highest BCUT2D eigenvalue weighted by Crippen LogP contribution is 2.31. The van der Waals surface area contributed by atoms with Crippen molar-refractivity contribution < 1.29 is 15.0 Å². The van der Waals surface area contributed by atoms with Crippen molar-refractivity contribution in [2.45, 2.75) is 36.5 Å². The monoisotopic (exact) mass is 469 g/mol. The second-order valence-corrected chi connectivity index (χ2v) is 9.96. The molecule has 0 fully saturated rings. The van der Waals surface area contributed by atoms with Crippen LogP contribution in [0.4, 0.5) is 0 Å². The Labute approximate surface area is 198 Å². The molecule has 1 atom stereocenters. The molecule has 3 aromatic carbocycles. The number of carbonyl (C=O) groups is 1. The van der Waals surface area contributed by atoms with E-state index in [9.17, 15) is 15.0 Å². The van der Waals surface area contributed by atoms with Gasteiger partial charge in [0.25, 0.3) is 0 Å². The molecule has 3 N–H and O–H groups in total. The van der Waals surface area contributed by atoms with Crippen LogP contribution >= 0.6 is 23.4 Å². The van der Waals surface area contributed by atoms with Crippen molar-refractivity contribution in [3.8, 4) is 11.1 Å². The van der Waals surface area contributed by atoms with Gasteiger partial charge in [0, 0.05) is 21.7 Å². The highest BCUT2D eigenvalue weighted by molar-refractivity contribution is 8.00. The number of aliphatic hydroxyl groups is 1. The number of hydrogen-bond donors (Lipinski definition) is 3. The number of rotatable bonds is 10. The van der Waals surface area contributed by atoms with Crippen LogP contribution in [-0.2, 0) is 6.42 Å². The average molecular weight is 470 g/mol. The summed E-state index contributed by atoms with van der Waals surface area (Å²) in [5.74, 6) is -0.900. The lowest BCUT2D eigenvalue weighted by molar-refractivity contribution is 0.0693. The van der Waals surface area contributed by atoms with Crippen LogP contribution in [0.15, 0.2) is 71.6 Å². The molecule has 0 unspecified atom stereocenters. The third-order valence-electron chi connectivity index (χ3n) is 5.02. The summed E-state index contributed by atoms with van der Waals surface area (Å²) in [5.41, 5.74) is 4.40. The molecule has 0 aliphatic carbocycles. The molecule has 0 amide bonds. The molecule has 4 nitrogen and oxygen atoms in total. The van der Waals surface area contributed by atoms with Crippen LogP contribution in [-0.4, -0.2) is 34.5 Å². The number of nitrogens with one attached hydrogen (secondary N) is 1. The van der Waals surface area contributed by atoms with E-state index in [1.54, 1.807) is 30.0 Å². The Kier molecular flexibility index (Phi) is 8.76. The minimum absolute atomic E-state index is 0.302. The molecule has 0 saturated carbocycles. The molecule has 3 aromatic rings. The van der Waals surface area contributed by atoms with Crippen molar-refractivity contribution in [1.82, 2.24) is 5.32 Å². The smallest absolute Gasteiger partial charge is 0.336 e. The highest BCUT2D eigenvalue weighted by atomic mass is 35.5. The molecule has 6 heteroatoms. The molecule has 168 valence electrons. The van der Waals surface area contributed by atoms with Crippen molar-refractivity contribution in [2.24, 2.45) is 0 Å². The fraction of sp³-hybridized carbons (Fsp3) is 0.269. The number of halogens is 1. The maximum absolute atomic E-state index is 11.5. The van der Waals surface area contributed by atoms with Gasteiger partial charge in [-0.1, -0.05) is 67.9 Å². The first-order valence-electron chi connectivity index (χ1n) is 10.6. The molecule has 0 aliphatic heterocycles. The van der Waals surface area contributed by atoms with Crippen LogP contribution in [0.5, 0.6) is 0 Å². The van der Waals surface area contributed by atoms with E-state index in [-0.39, 0.29) is 0 Å². The van der Waals surface area contributed by atoms with E-state index in [0.29, 0.717) is 22.4 Å². The quantitative estimate of drug-likeness (QED) is 0.248. The molecule has 0 spiro atoms. The van der Waals surface area contributed by atoms with Crippen LogP contribution in [0.2, 0.25) is 5.02 Å². The minimum atomic E-state index is -0.900. The van der Waals surface area contributed by atoms with Gasteiger partial charge in [-0.25, -0.2) is 4.79 Å². The van der Waals surface area contributed by atoms with Crippen molar-refractivity contribution in [2.75, 3.05) is 13.1 Å². The first-order chi connectivity index (χ1) is 15.3. The zero-order valence-electron chi connectivity index (χ0n) is 18.2. The van der Waals surface area contributed by atoms with Crippen LogP contribution < -0.4 is 5.32 Å². The van der Waals surface area contributed by atoms with Crippen molar-refractivity contribution in [3.05, 3.63) is 88.4 Å². The van der Waals surface area contributed by atoms with Crippen molar-refractivity contribution in [3.63, 3.8) is 0 Å². The number of thioether (sulfide) groups is 1. The lowest BCUT2D eigenvalue weighted by Crippen LogP contribution is -2.23. The highest BCUT2D eigenvalue weighted by Gasteiger charge is 2.13. The lowest BCUT2D eigenvalue weighted by atomic mass is 10.0. The second kappa shape index (κ2) is 11.5.